The first-order valence-electron chi connectivity index (χ1n) is 4.59. The maximum atomic E-state index is 10.9. The third-order valence-electron chi connectivity index (χ3n) is 1.17. The van der Waals surface area contributed by atoms with E-state index in [-0.39, 0.29) is 0 Å². The summed E-state index contributed by atoms with van der Waals surface area (Å²) < 4.78 is 4.96. The van der Waals surface area contributed by atoms with E-state index in [1.165, 1.54) is 16.3 Å². The van der Waals surface area contributed by atoms with E-state index in [1.807, 2.05) is 19.6 Å². The summed E-state index contributed by atoms with van der Waals surface area (Å²) in [6, 6.07) is 1.19. The first-order valence-corrected chi connectivity index (χ1v) is 9.41. The Bertz CT molecular complexity index is 158. The van der Waals surface area contributed by atoms with Crippen molar-refractivity contribution in [2.24, 2.45) is 0 Å². The Kier molecular flexibility index (Phi) is 6.01. The van der Waals surface area contributed by atoms with Crippen LogP contribution in [-0.2, 0) is 9.46 Å². The van der Waals surface area contributed by atoms with E-state index in [4.69, 9.17) is 4.58 Å². The number of carbonyl (C=O) groups excluding carboxylic acids is 1. The van der Waals surface area contributed by atoms with Crippen LogP contribution in [0.4, 0.5) is 4.79 Å². The van der Waals surface area contributed by atoms with Crippen molar-refractivity contribution in [3.05, 3.63) is 0 Å². The Morgan fingerprint density at radius 1 is 1.46 bits per heavy atom. The second kappa shape index (κ2) is 6.17. The molecule has 0 aromatic rings. The van der Waals surface area contributed by atoms with Gasteiger partial charge in [-0.15, -0.1) is 0 Å². The highest BCUT2D eigenvalue weighted by atomic mass is 28.4. The first kappa shape index (κ1) is 12.7. The minimum atomic E-state index is -1.74. The fourth-order valence-electron chi connectivity index (χ4n) is 0.560. The largest absolute Gasteiger partial charge is 0.437 e. The topological polar surface area (TPSA) is 47.6 Å². The molecular weight excluding hydrogens is 202 g/mol. The highest BCUT2D eigenvalue weighted by molar-refractivity contribution is 6.69. The molecule has 0 unspecified atom stereocenters. The predicted molar refractivity (Wildman–Crippen MR) is 58.3 cm³/mol. The lowest BCUT2D eigenvalue weighted by Gasteiger charge is -2.14. The molecule has 1 amide bonds. The lowest BCUT2D eigenvalue weighted by Crippen LogP contribution is -2.32. The van der Waals surface area contributed by atoms with E-state index in [1.54, 1.807) is 0 Å². The molecule has 0 fully saturated rings. The van der Waals surface area contributed by atoms with Crippen molar-refractivity contribution in [3.63, 3.8) is 0 Å². The van der Waals surface area contributed by atoms with Gasteiger partial charge < -0.3 is 5.32 Å². The molecule has 0 aromatic heterocycles. The molecule has 0 rings (SSSR count). The molecule has 4 nitrogen and oxygen atoms in total. The molecule has 0 aliphatic carbocycles. The molecule has 1 N–H and O–H groups in total. The molecule has 0 spiro atoms. The SMILES string of the molecule is C[Si](C)(C)OOC(=O)NCCC[SiH3]. The number of rotatable bonds is 5. The van der Waals surface area contributed by atoms with E-state index in [9.17, 15) is 4.79 Å². The Morgan fingerprint density at radius 3 is 2.54 bits per heavy atom. The minimum absolute atomic E-state index is 0.474. The molecule has 0 aliphatic heterocycles. The van der Waals surface area contributed by atoms with Gasteiger partial charge in [-0.1, -0.05) is 6.04 Å². The van der Waals surface area contributed by atoms with Gasteiger partial charge in [0.25, 0.3) is 0 Å². The highest BCUT2D eigenvalue weighted by Crippen LogP contribution is 2.02. The molecule has 0 saturated carbocycles. The molecule has 0 radical (unpaired) electrons. The van der Waals surface area contributed by atoms with Gasteiger partial charge in [0, 0.05) is 16.8 Å². The lowest BCUT2D eigenvalue weighted by molar-refractivity contribution is -0.153. The summed E-state index contributed by atoms with van der Waals surface area (Å²) in [6.07, 6.45) is 0.548. The number of hydrogen-bond donors (Lipinski definition) is 1. The fraction of sp³-hybridized carbons (Fsp3) is 0.857. The van der Waals surface area contributed by atoms with Crippen LogP contribution in [-0.4, -0.2) is 31.2 Å². The van der Waals surface area contributed by atoms with Crippen LogP contribution in [0.5, 0.6) is 0 Å². The second-order valence-electron chi connectivity index (χ2n) is 3.85. The molecule has 0 aromatic carbocycles. The third-order valence-corrected chi connectivity index (χ3v) is 2.46. The summed E-state index contributed by atoms with van der Waals surface area (Å²) in [6.45, 7) is 6.55. The highest BCUT2D eigenvalue weighted by Gasteiger charge is 2.18. The quantitative estimate of drug-likeness (QED) is 0.321. The number of amides is 1. The molecule has 0 bridgehead atoms. The first-order chi connectivity index (χ1) is 5.95. The van der Waals surface area contributed by atoms with E-state index in [0.717, 1.165) is 6.42 Å². The van der Waals surface area contributed by atoms with Gasteiger partial charge in [0.2, 0.25) is 8.32 Å². The zero-order chi connectivity index (χ0) is 10.3. The smallest absolute Gasteiger partial charge is 0.319 e. The predicted octanol–water partition coefficient (Wildman–Crippen LogP) is 0.653. The summed E-state index contributed by atoms with van der Waals surface area (Å²) in [4.78, 5) is 15.5. The average molecular weight is 221 g/mol. The van der Waals surface area contributed by atoms with Gasteiger partial charge in [-0.3, -0.25) is 4.89 Å². The summed E-state index contributed by atoms with van der Waals surface area (Å²) in [5.74, 6) is 0. The van der Waals surface area contributed by atoms with Crippen molar-refractivity contribution >= 4 is 24.7 Å². The monoisotopic (exact) mass is 221 g/mol. The number of hydrogen-bond acceptors (Lipinski definition) is 3. The lowest BCUT2D eigenvalue weighted by atomic mass is 10.5. The minimum Gasteiger partial charge on any atom is -0.319 e. The Hall–Kier alpha value is -0.336. The van der Waals surface area contributed by atoms with Crippen molar-refractivity contribution in [2.75, 3.05) is 6.54 Å². The van der Waals surface area contributed by atoms with Crippen molar-refractivity contribution in [1.82, 2.24) is 5.32 Å². The molecule has 0 heterocycles. The Balaban J connectivity index is 3.41. The van der Waals surface area contributed by atoms with E-state index in [2.05, 4.69) is 10.2 Å². The molecule has 13 heavy (non-hydrogen) atoms. The van der Waals surface area contributed by atoms with Crippen LogP contribution in [0.15, 0.2) is 0 Å². The van der Waals surface area contributed by atoms with Crippen molar-refractivity contribution in [1.29, 1.82) is 0 Å². The summed E-state index contributed by atoms with van der Waals surface area (Å²) in [5, 5.41) is 2.61. The second-order valence-corrected chi connectivity index (χ2v) is 9.24. The van der Waals surface area contributed by atoms with Gasteiger partial charge in [0.15, 0.2) is 0 Å². The normalized spacial score (nSPS) is 11.3. The van der Waals surface area contributed by atoms with E-state index < -0.39 is 14.4 Å². The maximum Gasteiger partial charge on any atom is 0.437 e. The fourth-order valence-corrected chi connectivity index (χ4v) is 1.24. The molecule has 78 valence electrons. The van der Waals surface area contributed by atoms with Gasteiger partial charge in [-0.05, 0) is 26.1 Å². The maximum absolute atomic E-state index is 10.9. The van der Waals surface area contributed by atoms with Crippen LogP contribution in [0, 0.1) is 0 Å². The van der Waals surface area contributed by atoms with Gasteiger partial charge in [0.05, 0.1) is 0 Å². The summed E-state index contributed by atoms with van der Waals surface area (Å²) >= 11 is 0. The Labute approximate surface area is 83.5 Å². The van der Waals surface area contributed by atoms with E-state index >= 15 is 0 Å². The summed E-state index contributed by atoms with van der Waals surface area (Å²) in [5.41, 5.74) is 0. The average Bonchev–Trinajstić information content (AvgIpc) is 2.00. The van der Waals surface area contributed by atoms with Crippen LogP contribution in [0.2, 0.25) is 25.7 Å². The van der Waals surface area contributed by atoms with Crippen LogP contribution < -0.4 is 5.32 Å². The number of nitrogens with one attached hydrogen (secondary N) is 1. The van der Waals surface area contributed by atoms with Crippen molar-refractivity contribution < 1.29 is 14.3 Å². The van der Waals surface area contributed by atoms with Crippen molar-refractivity contribution in [3.8, 4) is 0 Å². The zero-order valence-corrected chi connectivity index (χ0v) is 11.8. The molecular formula is C7H19NO3Si2. The third kappa shape index (κ3) is 9.58. The van der Waals surface area contributed by atoms with Gasteiger partial charge in [-0.25, -0.2) is 9.37 Å². The Morgan fingerprint density at radius 2 is 2.08 bits per heavy atom. The number of carbonyl (C=O) groups is 1. The van der Waals surface area contributed by atoms with Gasteiger partial charge >= 0.3 is 6.09 Å². The zero-order valence-electron chi connectivity index (χ0n) is 8.85. The van der Waals surface area contributed by atoms with Crippen molar-refractivity contribution in [2.45, 2.75) is 32.1 Å². The van der Waals surface area contributed by atoms with E-state index in [0.29, 0.717) is 6.54 Å². The van der Waals surface area contributed by atoms with Crippen LogP contribution in [0.25, 0.3) is 0 Å². The van der Waals surface area contributed by atoms with Crippen LogP contribution in [0.1, 0.15) is 6.42 Å². The molecule has 6 heteroatoms. The van der Waals surface area contributed by atoms with Crippen LogP contribution in [0.3, 0.4) is 0 Å². The molecule has 0 atom stereocenters. The van der Waals surface area contributed by atoms with Crippen LogP contribution >= 0.6 is 0 Å². The molecule has 0 aliphatic rings. The molecule has 0 saturated heterocycles. The van der Waals surface area contributed by atoms with Gasteiger partial charge in [-0.2, -0.15) is 0 Å². The summed E-state index contributed by atoms with van der Waals surface area (Å²) in [7, 11) is -0.566. The van der Waals surface area contributed by atoms with Gasteiger partial charge in [0.1, 0.15) is 0 Å². The standard InChI is InChI=1S/C7H19NO3Si2/c1-13(2,3)11-10-7(9)8-5-4-6-12/h4-6H2,1-3,12H3,(H,8,9).